The van der Waals surface area contributed by atoms with Crippen LogP contribution in [0.25, 0.3) is 0 Å². The smallest absolute Gasteiger partial charge is 0.327 e. The predicted molar refractivity (Wildman–Crippen MR) is 45.5 cm³/mol. The van der Waals surface area contributed by atoms with E-state index < -0.39 is 5.97 Å². The summed E-state index contributed by atoms with van der Waals surface area (Å²) >= 11 is 0. The SMILES string of the molecule is CCCCCC/C=C/[13C](=O)O. The molecule has 0 bridgehead atoms. The van der Waals surface area contributed by atoms with Crippen LogP contribution in [0.15, 0.2) is 12.2 Å². The minimum Gasteiger partial charge on any atom is -0.478 e. The number of unbranched alkanes of at least 4 members (excludes halogenated alkanes) is 4. The van der Waals surface area contributed by atoms with Gasteiger partial charge >= 0.3 is 5.97 Å². The van der Waals surface area contributed by atoms with Gasteiger partial charge < -0.3 is 5.11 Å². The monoisotopic (exact) mass is 157 g/mol. The largest absolute Gasteiger partial charge is 0.478 e. The fraction of sp³-hybridized carbons (Fsp3) is 0.667. The second-order valence-corrected chi connectivity index (χ2v) is 2.59. The molecule has 64 valence electrons. The van der Waals surface area contributed by atoms with E-state index in [9.17, 15) is 4.79 Å². The van der Waals surface area contributed by atoms with Crippen LogP contribution in [0.5, 0.6) is 0 Å². The Morgan fingerprint density at radius 2 is 2.09 bits per heavy atom. The van der Waals surface area contributed by atoms with Crippen LogP contribution in [0.4, 0.5) is 0 Å². The Kier molecular flexibility index (Phi) is 6.79. The third-order valence-corrected chi connectivity index (χ3v) is 1.48. The standard InChI is InChI=1S/C9H16O2/c1-2-3-4-5-6-7-8-9(10)11/h7-8H,2-6H2,1H3,(H,10,11)/b8-7+/i9+1. The zero-order chi connectivity index (χ0) is 8.53. The number of carbonyl (C=O) groups is 1. The summed E-state index contributed by atoms with van der Waals surface area (Å²) in [5.41, 5.74) is 0. The van der Waals surface area contributed by atoms with Crippen molar-refractivity contribution in [2.24, 2.45) is 0 Å². The molecule has 2 nitrogen and oxygen atoms in total. The fourth-order valence-electron chi connectivity index (χ4n) is 0.873. The summed E-state index contributed by atoms with van der Waals surface area (Å²) in [6.45, 7) is 2.16. The highest BCUT2D eigenvalue weighted by Gasteiger charge is 1.86. The van der Waals surface area contributed by atoms with Crippen LogP contribution >= 0.6 is 0 Å². The third-order valence-electron chi connectivity index (χ3n) is 1.48. The van der Waals surface area contributed by atoms with Crippen molar-refractivity contribution in [1.29, 1.82) is 0 Å². The molecule has 0 spiro atoms. The molecule has 0 radical (unpaired) electrons. The van der Waals surface area contributed by atoms with Crippen LogP contribution in [0, 0.1) is 0 Å². The highest BCUT2D eigenvalue weighted by molar-refractivity contribution is 5.79. The summed E-state index contributed by atoms with van der Waals surface area (Å²) in [5.74, 6) is -0.847. The molecule has 0 aromatic heterocycles. The van der Waals surface area contributed by atoms with Crippen molar-refractivity contribution >= 4 is 5.97 Å². The van der Waals surface area contributed by atoms with E-state index in [1.54, 1.807) is 6.08 Å². The molecule has 0 unspecified atom stereocenters. The highest BCUT2D eigenvalue weighted by atomic mass is 16.5. The molecule has 1 N–H and O–H groups in total. The normalized spacial score (nSPS) is 10.6. The lowest BCUT2D eigenvalue weighted by Crippen LogP contribution is -1.85. The van der Waals surface area contributed by atoms with Crippen LogP contribution in [-0.2, 0) is 4.79 Å². The second kappa shape index (κ2) is 7.32. The van der Waals surface area contributed by atoms with Crippen molar-refractivity contribution in [3.63, 3.8) is 0 Å². The second-order valence-electron chi connectivity index (χ2n) is 2.59. The summed E-state index contributed by atoms with van der Waals surface area (Å²) in [6.07, 6.45) is 8.62. The van der Waals surface area contributed by atoms with Crippen molar-refractivity contribution < 1.29 is 9.90 Å². The minimum absolute atomic E-state index is 0.847. The van der Waals surface area contributed by atoms with E-state index in [2.05, 4.69) is 6.92 Å². The van der Waals surface area contributed by atoms with Gasteiger partial charge in [0.2, 0.25) is 0 Å². The number of hydrogen-bond acceptors (Lipinski definition) is 1. The first-order chi connectivity index (χ1) is 5.27. The number of hydrogen-bond donors (Lipinski definition) is 1. The van der Waals surface area contributed by atoms with Crippen LogP contribution in [0.2, 0.25) is 0 Å². The fourth-order valence-corrected chi connectivity index (χ4v) is 0.873. The summed E-state index contributed by atoms with van der Waals surface area (Å²) in [4.78, 5) is 10.0. The first-order valence-corrected chi connectivity index (χ1v) is 4.17. The van der Waals surface area contributed by atoms with Crippen LogP contribution in [0.1, 0.15) is 39.0 Å². The van der Waals surface area contributed by atoms with Crippen molar-refractivity contribution in [3.8, 4) is 0 Å². The molecule has 0 rings (SSSR count). The molecular formula is C9H16O2. The Labute approximate surface area is 67.9 Å². The molecule has 0 saturated heterocycles. The average Bonchev–Trinajstić information content (AvgIpc) is 1.96. The van der Waals surface area contributed by atoms with Crippen molar-refractivity contribution in [2.75, 3.05) is 0 Å². The first-order valence-electron chi connectivity index (χ1n) is 4.17. The molecule has 0 heterocycles. The van der Waals surface area contributed by atoms with Gasteiger partial charge in [0, 0.05) is 6.08 Å². The van der Waals surface area contributed by atoms with E-state index in [1.807, 2.05) is 0 Å². The Morgan fingerprint density at radius 3 is 2.64 bits per heavy atom. The molecule has 0 atom stereocenters. The van der Waals surface area contributed by atoms with E-state index in [1.165, 1.54) is 25.3 Å². The first kappa shape index (κ1) is 10.2. The average molecular weight is 157 g/mol. The molecule has 2 heteroatoms. The Morgan fingerprint density at radius 1 is 1.36 bits per heavy atom. The molecule has 0 aliphatic carbocycles. The molecule has 11 heavy (non-hydrogen) atoms. The zero-order valence-corrected chi connectivity index (χ0v) is 7.05. The predicted octanol–water partition coefficient (Wildman–Crippen LogP) is 2.60. The van der Waals surface area contributed by atoms with Gasteiger partial charge in [0.1, 0.15) is 0 Å². The van der Waals surface area contributed by atoms with Gasteiger partial charge in [-0.2, -0.15) is 0 Å². The Balaban J connectivity index is 3.07. The Hall–Kier alpha value is -0.790. The summed E-state index contributed by atoms with van der Waals surface area (Å²) < 4.78 is 0. The van der Waals surface area contributed by atoms with Crippen molar-refractivity contribution in [2.45, 2.75) is 39.0 Å². The molecule has 0 amide bonds. The molecule has 0 aliphatic rings. The molecule has 0 saturated carbocycles. The van der Waals surface area contributed by atoms with Gasteiger partial charge in [0.05, 0.1) is 0 Å². The maximum Gasteiger partial charge on any atom is 0.327 e. The van der Waals surface area contributed by atoms with Crippen LogP contribution in [0.3, 0.4) is 0 Å². The zero-order valence-electron chi connectivity index (χ0n) is 7.05. The lowest BCUT2D eigenvalue weighted by Gasteiger charge is -1.92. The number of rotatable bonds is 6. The Bertz CT molecular complexity index is 128. The molecule has 0 aliphatic heterocycles. The number of allylic oxidation sites excluding steroid dienone is 1. The van der Waals surface area contributed by atoms with Crippen molar-refractivity contribution in [1.82, 2.24) is 0 Å². The maximum absolute atomic E-state index is 10.0. The molecule has 0 aromatic rings. The van der Waals surface area contributed by atoms with Crippen molar-refractivity contribution in [3.05, 3.63) is 12.2 Å². The minimum atomic E-state index is -0.847. The lowest BCUT2D eigenvalue weighted by molar-refractivity contribution is -0.131. The summed E-state index contributed by atoms with van der Waals surface area (Å²) in [6, 6.07) is 0. The van der Waals surface area contributed by atoms with E-state index >= 15 is 0 Å². The van der Waals surface area contributed by atoms with Gasteiger partial charge in [0.25, 0.3) is 0 Å². The van der Waals surface area contributed by atoms with Gasteiger partial charge in [-0.05, 0) is 12.8 Å². The van der Waals surface area contributed by atoms with Gasteiger partial charge in [0.15, 0.2) is 0 Å². The van der Waals surface area contributed by atoms with E-state index in [4.69, 9.17) is 5.11 Å². The lowest BCUT2D eigenvalue weighted by atomic mass is 10.1. The third kappa shape index (κ3) is 9.21. The van der Waals surface area contributed by atoms with Gasteiger partial charge in [-0.1, -0.05) is 32.3 Å². The van der Waals surface area contributed by atoms with Crippen LogP contribution in [-0.4, -0.2) is 11.1 Å². The molecular weight excluding hydrogens is 141 g/mol. The summed E-state index contributed by atoms with van der Waals surface area (Å²) in [7, 11) is 0. The summed E-state index contributed by atoms with van der Waals surface area (Å²) in [5, 5.41) is 8.23. The van der Waals surface area contributed by atoms with Gasteiger partial charge in [-0.3, -0.25) is 0 Å². The van der Waals surface area contributed by atoms with E-state index in [0.29, 0.717) is 0 Å². The maximum atomic E-state index is 10.0. The number of carboxylic acid groups (broad SMARTS) is 1. The number of aliphatic carboxylic acids is 1. The van der Waals surface area contributed by atoms with E-state index in [-0.39, 0.29) is 0 Å². The van der Waals surface area contributed by atoms with Gasteiger partial charge in [-0.25, -0.2) is 4.79 Å². The quantitative estimate of drug-likeness (QED) is 0.365. The topological polar surface area (TPSA) is 37.3 Å². The van der Waals surface area contributed by atoms with Gasteiger partial charge in [-0.15, -0.1) is 0 Å². The molecule has 0 fully saturated rings. The highest BCUT2D eigenvalue weighted by Crippen LogP contribution is 2.02. The van der Waals surface area contributed by atoms with Crippen LogP contribution < -0.4 is 0 Å². The number of carboxylic acids is 1. The molecule has 0 aromatic carbocycles. The van der Waals surface area contributed by atoms with E-state index in [0.717, 1.165) is 12.8 Å².